The first-order valence-electron chi connectivity index (χ1n) is 11.8. The first-order valence-corrected chi connectivity index (χ1v) is 11.8. The number of carbonyl (C=O) groups excluding carboxylic acids is 2. The molecule has 0 aromatic heterocycles. The topological polar surface area (TPSA) is 90.5 Å². The van der Waals surface area contributed by atoms with Gasteiger partial charge in [-0.15, -0.1) is 0 Å². The molecule has 0 spiro atoms. The Morgan fingerprint density at radius 3 is 2.52 bits per heavy atom. The summed E-state index contributed by atoms with van der Waals surface area (Å²) in [5.41, 5.74) is 1.12. The van der Waals surface area contributed by atoms with Crippen LogP contribution in [-0.4, -0.2) is 35.7 Å². The summed E-state index contributed by atoms with van der Waals surface area (Å²) in [5.74, 6) is -0.112. The number of amides is 3. The highest BCUT2D eigenvalue weighted by Crippen LogP contribution is 2.55. The van der Waals surface area contributed by atoms with Crippen LogP contribution in [0.4, 0.5) is 4.79 Å². The van der Waals surface area contributed by atoms with E-state index in [0.29, 0.717) is 13.1 Å². The number of urea groups is 1. The molecule has 0 unspecified atom stereocenters. The van der Waals surface area contributed by atoms with E-state index in [4.69, 9.17) is 0 Å². The summed E-state index contributed by atoms with van der Waals surface area (Å²) in [6.07, 6.45) is 3.22. The van der Waals surface area contributed by atoms with Crippen LogP contribution in [0.1, 0.15) is 58.9 Å². The van der Waals surface area contributed by atoms with E-state index in [1.54, 1.807) is 0 Å². The second-order valence-electron chi connectivity index (χ2n) is 9.87. The summed E-state index contributed by atoms with van der Waals surface area (Å²) in [7, 11) is 0. The van der Waals surface area contributed by atoms with Gasteiger partial charge < -0.3 is 21.1 Å². The van der Waals surface area contributed by atoms with Gasteiger partial charge in [0.15, 0.2) is 0 Å². The predicted molar refractivity (Wildman–Crippen MR) is 122 cm³/mol. The van der Waals surface area contributed by atoms with E-state index < -0.39 is 6.10 Å². The third-order valence-corrected chi connectivity index (χ3v) is 7.91. The predicted octanol–water partition coefficient (Wildman–Crippen LogP) is 3.45. The average molecular weight is 430 g/mol. The van der Waals surface area contributed by atoms with Gasteiger partial charge >= 0.3 is 6.03 Å². The first kappa shape index (κ1) is 23.6. The number of aliphatic hydroxyl groups excluding tert-OH is 1. The molecular formula is C25H39N3O3. The van der Waals surface area contributed by atoms with Crippen LogP contribution in [0.25, 0.3) is 0 Å². The molecule has 0 heterocycles. The minimum atomic E-state index is -0.551. The summed E-state index contributed by atoms with van der Waals surface area (Å²) in [5, 5.41) is 20.4. The molecule has 1 aromatic carbocycles. The van der Waals surface area contributed by atoms with Gasteiger partial charge in [0.1, 0.15) is 0 Å². The van der Waals surface area contributed by atoms with E-state index >= 15 is 0 Å². The normalized spacial score (nSPS) is 33.6. The number of fused-ring (bicyclic) bond motifs is 1. The maximum absolute atomic E-state index is 12.9. The molecule has 0 radical (unpaired) electrons. The number of nitrogens with one attached hydrogen (secondary N) is 3. The maximum atomic E-state index is 12.9. The summed E-state index contributed by atoms with van der Waals surface area (Å²) >= 11 is 0. The Labute approximate surface area is 186 Å². The highest BCUT2D eigenvalue weighted by Gasteiger charge is 2.53. The SMILES string of the molecule is CCNC(=O)N[C@@H]1CC[C@@]2(C)CC[C@H]([C@H](C)C(=O)NCc3ccccc3)[C@H](O)[C@H]2[C@@H]1C. The van der Waals surface area contributed by atoms with E-state index in [9.17, 15) is 14.7 Å². The molecule has 2 saturated carbocycles. The molecule has 0 aliphatic heterocycles. The maximum Gasteiger partial charge on any atom is 0.315 e. The molecule has 1 aromatic rings. The van der Waals surface area contributed by atoms with Crippen molar-refractivity contribution in [3.8, 4) is 0 Å². The zero-order chi connectivity index (χ0) is 22.6. The van der Waals surface area contributed by atoms with E-state index in [1.165, 1.54) is 0 Å². The average Bonchev–Trinajstić information content (AvgIpc) is 2.75. The molecule has 4 N–H and O–H groups in total. The summed E-state index contributed by atoms with van der Waals surface area (Å²) in [6, 6.07) is 9.79. The minimum Gasteiger partial charge on any atom is -0.392 e. The van der Waals surface area contributed by atoms with Crippen LogP contribution in [0, 0.1) is 29.1 Å². The molecule has 0 bridgehead atoms. The Morgan fingerprint density at radius 1 is 1.16 bits per heavy atom. The molecule has 0 saturated heterocycles. The zero-order valence-electron chi connectivity index (χ0n) is 19.4. The lowest BCUT2D eigenvalue weighted by Crippen LogP contribution is -2.59. The molecule has 7 atom stereocenters. The van der Waals surface area contributed by atoms with Crippen LogP contribution < -0.4 is 16.0 Å². The van der Waals surface area contributed by atoms with E-state index in [2.05, 4.69) is 29.8 Å². The van der Waals surface area contributed by atoms with Gasteiger partial charge in [-0.1, -0.05) is 51.1 Å². The van der Waals surface area contributed by atoms with Crippen molar-refractivity contribution in [3.63, 3.8) is 0 Å². The van der Waals surface area contributed by atoms with Gasteiger partial charge in [0.2, 0.25) is 5.91 Å². The van der Waals surface area contributed by atoms with Crippen molar-refractivity contribution >= 4 is 11.9 Å². The Kier molecular flexibility index (Phi) is 7.63. The molecule has 3 rings (SSSR count). The molecule has 2 fully saturated rings. The lowest BCUT2D eigenvalue weighted by Gasteiger charge is -2.56. The quantitative estimate of drug-likeness (QED) is 0.558. The Morgan fingerprint density at radius 2 is 1.84 bits per heavy atom. The molecule has 31 heavy (non-hydrogen) atoms. The third kappa shape index (κ3) is 5.22. The number of hydrogen-bond acceptors (Lipinski definition) is 3. The number of hydrogen-bond donors (Lipinski definition) is 4. The number of aliphatic hydroxyl groups is 1. The molecule has 2 aliphatic rings. The third-order valence-electron chi connectivity index (χ3n) is 7.91. The van der Waals surface area contributed by atoms with Crippen molar-refractivity contribution < 1.29 is 14.7 Å². The highest BCUT2D eigenvalue weighted by atomic mass is 16.3. The first-order chi connectivity index (χ1) is 14.8. The van der Waals surface area contributed by atoms with E-state index in [0.717, 1.165) is 31.2 Å². The fraction of sp³-hybridized carbons (Fsp3) is 0.680. The van der Waals surface area contributed by atoms with Crippen molar-refractivity contribution in [3.05, 3.63) is 35.9 Å². The smallest absolute Gasteiger partial charge is 0.315 e. The van der Waals surface area contributed by atoms with Crippen LogP contribution in [0.5, 0.6) is 0 Å². The number of carbonyl (C=O) groups is 2. The molecular weight excluding hydrogens is 390 g/mol. The lowest BCUT2D eigenvalue weighted by molar-refractivity contribution is -0.142. The van der Waals surface area contributed by atoms with Crippen molar-refractivity contribution in [2.45, 2.75) is 72.1 Å². The van der Waals surface area contributed by atoms with Gasteiger partial charge in [-0.3, -0.25) is 4.79 Å². The van der Waals surface area contributed by atoms with Gasteiger partial charge in [0, 0.05) is 25.0 Å². The largest absolute Gasteiger partial charge is 0.392 e. The van der Waals surface area contributed by atoms with Gasteiger partial charge in [-0.25, -0.2) is 4.79 Å². The zero-order valence-corrected chi connectivity index (χ0v) is 19.4. The summed E-state index contributed by atoms with van der Waals surface area (Å²) in [4.78, 5) is 25.0. The van der Waals surface area contributed by atoms with Crippen molar-refractivity contribution in [2.75, 3.05) is 6.54 Å². The molecule has 3 amide bonds. The van der Waals surface area contributed by atoms with Gasteiger partial charge in [-0.2, -0.15) is 0 Å². The number of rotatable bonds is 6. The minimum absolute atomic E-state index is 0.00281. The fourth-order valence-corrected chi connectivity index (χ4v) is 6.02. The van der Waals surface area contributed by atoms with Crippen LogP contribution in [0.3, 0.4) is 0 Å². The van der Waals surface area contributed by atoms with Crippen LogP contribution >= 0.6 is 0 Å². The van der Waals surface area contributed by atoms with Crippen molar-refractivity contribution in [1.29, 1.82) is 0 Å². The summed E-state index contributed by atoms with van der Waals surface area (Å²) in [6.45, 7) is 9.35. The molecule has 6 nitrogen and oxygen atoms in total. The molecule has 2 aliphatic carbocycles. The monoisotopic (exact) mass is 429 g/mol. The molecule has 6 heteroatoms. The van der Waals surface area contributed by atoms with E-state index in [1.807, 2.05) is 44.2 Å². The van der Waals surface area contributed by atoms with Crippen LogP contribution in [0.15, 0.2) is 30.3 Å². The second-order valence-corrected chi connectivity index (χ2v) is 9.87. The Bertz CT molecular complexity index is 756. The van der Waals surface area contributed by atoms with Gasteiger partial charge in [0.25, 0.3) is 0 Å². The molecule has 172 valence electrons. The van der Waals surface area contributed by atoms with E-state index in [-0.39, 0.29) is 47.1 Å². The highest BCUT2D eigenvalue weighted by molar-refractivity contribution is 5.78. The van der Waals surface area contributed by atoms with Gasteiger partial charge in [0.05, 0.1) is 6.10 Å². The second kappa shape index (κ2) is 10.0. The van der Waals surface area contributed by atoms with Crippen LogP contribution in [-0.2, 0) is 11.3 Å². The fourth-order valence-electron chi connectivity index (χ4n) is 6.02. The van der Waals surface area contributed by atoms with Crippen molar-refractivity contribution in [1.82, 2.24) is 16.0 Å². The van der Waals surface area contributed by atoms with Crippen molar-refractivity contribution in [2.24, 2.45) is 29.1 Å². The Balaban J connectivity index is 1.66. The standard InChI is InChI=1S/C25H39N3O3/c1-5-26-24(31)28-20-12-14-25(4)13-11-19(22(29)21(25)17(20)3)16(2)23(30)27-15-18-9-7-6-8-10-18/h6-10,16-17,19-22,29H,5,11-15H2,1-4H3,(H,27,30)(H2,26,28,31)/t16-,17+,19+,20+,21+,22-,25+/m0/s1. The summed E-state index contributed by atoms with van der Waals surface area (Å²) < 4.78 is 0. The van der Waals surface area contributed by atoms with Gasteiger partial charge in [-0.05, 0) is 61.3 Å². The number of benzene rings is 1. The lowest BCUT2D eigenvalue weighted by atomic mass is 9.52. The Hall–Kier alpha value is -2.08. The van der Waals surface area contributed by atoms with Crippen LogP contribution in [0.2, 0.25) is 0 Å².